The highest BCUT2D eigenvalue weighted by atomic mass is 16.5. The molecule has 3 rings (SSSR count). The van der Waals surface area contributed by atoms with Crippen LogP contribution in [0.2, 0.25) is 0 Å². The summed E-state index contributed by atoms with van der Waals surface area (Å²) >= 11 is 0. The van der Waals surface area contributed by atoms with E-state index in [1.165, 1.54) is 23.1 Å². The van der Waals surface area contributed by atoms with E-state index < -0.39 is 0 Å². The molecule has 1 heterocycles. The molecule has 1 fully saturated rings. The van der Waals surface area contributed by atoms with Crippen LogP contribution in [0.3, 0.4) is 0 Å². The van der Waals surface area contributed by atoms with Gasteiger partial charge in [-0.05, 0) is 37.1 Å². The average Bonchev–Trinajstić information content (AvgIpc) is 2.87. The molecular weight excluding hydrogens is 284 g/mol. The third-order valence-corrected chi connectivity index (χ3v) is 4.66. The van der Waals surface area contributed by atoms with Gasteiger partial charge in [0.15, 0.2) is 0 Å². The Balaban J connectivity index is 2.07. The van der Waals surface area contributed by atoms with Crippen LogP contribution < -0.4 is 10.1 Å². The molecule has 0 aliphatic carbocycles. The minimum Gasteiger partial charge on any atom is -0.496 e. The lowest BCUT2D eigenvalue weighted by Gasteiger charge is -2.33. The molecule has 0 saturated carbocycles. The van der Waals surface area contributed by atoms with Gasteiger partial charge in [-0.25, -0.2) is 0 Å². The number of rotatable bonds is 4. The third-order valence-electron chi connectivity index (χ3n) is 4.66. The number of para-hydroxylation sites is 1. The van der Waals surface area contributed by atoms with Gasteiger partial charge in [0, 0.05) is 25.2 Å². The van der Waals surface area contributed by atoms with Crippen molar-refractivity contribution in [3.8, 4) is 5.75 Å². The number of hydrogen-bond donors (Lipinski definition) is 1. The Bertz CT molecular complexity index is 633. The molecule has 1 atom stereocenters. The van der Waals surface area contributed by atoms with Gasteiger partial charge < -0.3 is 10.1 Å². The van der Waals surface area contributed by atoms with Crippen molar-refractivity contribution in [1.29, 1.82) is 0 Å². The van der Waals surface area contributed by atoms with Crippen molar-refractivity contribution in [2.45, 2.75) is 19.4 Å². The normalized spacial score (nSPS) is 17.5. The summed E-state index contributed by atoms with van der Waals surface area (Å²) in [4.78, 5) is 2.58. The van der Waals surface area contributed by atoms with Gasteiger partial charge in [0.25, 0.3) is 0 Å². The van der Waals surface area contributed by atoms with Crippen molar-refractivity contribution in [2.75, 3.05) is 33.3 Å². The quantitative estimate of drug-likeness (QED) is 0.937. The molecule has 1 saturated heterocycles. The van der Waals surface area contributed by atoms with Crippen molar-refractivity contribution in [1.82, 2.24) is 10.2 Å². The van der Waals surface area contributed by atoms with Crippen molar-refractivity contribution in [3.63, 3.8) is 0 Å². The van der Waals surface area contributed by atoms with E-state index in [4.69, 9.17) is 4.74 Å². The lowest BCUT2D eigenvalue weighted by atomic mass is 9.92. The van der Waals surface area contributed by atoms with E-state index in [0.29, 0.717) is 0 Å². The molecule has 0 aromatic heterocycles. The molecule has 1 aliphatic heterocycles. The summed E-state index contributed by atoms with van der Waals surface area (Å²) in [7, 11) is 1.76. The van der Waals surface area contributed by atoms with E-state index in [0.717, 1.165) is 31.9 Å². The number of aryl methyl sites for hydroxylation is 1. The van der Waals surface area contributed by atoms with Gasteiger partial charge in [-0.3, -0.25) is 4.90 Å². The molecule has 0 amide bonds. The molecule has 0 spiro atoms. The maximum Gasteiger partial charge on any atom is 0.123 e. The number of benzene rings is 2. The monoisotopic (exact) mass is 310 g/mol. The molecule has 1 unspecified atom stereocenters. The molecule has 3 nitrogen and oxygen atoms in total. The number of hydrogen-bond acceptors (Lipinski definition) is 3. The minimum atomic E-state index is 0.243. The highest BCUT2D eigenvalue weighted by Gasteiger charge is 2.26. The van der Waals surface area contributed by atoms with Crippen molar-refractivity contribution < 1.29 is 4.74 Å². The van der Waals surface area contributed by atoms with Crippen molar-refractivity contribution in [2.24, 2.45) is 0 Å². The van der Waals surface area contributed by atoms with Crippen LogP contribution in [0.5, 0.6) is 5.75 Å². The fourth-order valence-electron chi connectivity index (χ4n) is 3.47. The van der Waals surface area contributed by atoms with Crippen LogP contribution in [0, 0.1) is 6.92 Å². The predicted octanol–water partition coefficient (Wildman–Crippen LogP) is 3.39. The second-order valence-corrected chi connectivity index (χ2v) is 6.14. The second kappa shape index (κ2) is 7.62. The first kappa shape index (κ1) is 16.0. The summed E-state index contributed by atoms with van der Waals surface area (Å²) in [5.41, 5.74) is 3.96. The molecule has 2 aromatic carbocycles. The van der Waals surface area contributed by atoms with Crippen LogP contribution in [-0.2, 0) is 0 Å². The van der Waals surface area contributed by atoms with E-state index in [1.807, 2.05) is 6.07 Å². The van der Waals surface area contributed by atoms with Gasteiger partial charge in [-0.15, -0.1) is 0 Å². The zero-order valence-electron chi connectivity index (χ0n) is 14.1. The number of nitrogens with one attached hydrogen (secondary N) is 1. The Hall–Kier alpha value is -1.84. The van der Waals surface area contributed by atoms with Crippen LogP contribution in [0.4, 0.5) is 0 Å². The van der Waals surface area contributed by atoms with Gasteiger partial charge in [-0.2, -0.15) is 0 Å². The van der Waals surface area contributed by atoms with Crippen LogP contribution in [0.15, 0.2) is 48.5 Å². The van der Waals surface area contributed by atoms with E-state index in [-0.39, 0.29) is 6.04 Å². The Morgan fingerprint density at radius 2 is 1.70 bits per heavy atom. The first-order chi connectivity index (χ1) is 11.3. The zero-order valence-corrected chi connectivity index (χ0v) is 14.1. The highest BCUT2D eigenvalue weighted by Crippen LogP contribution is 2.36. The van der Waals surface area contributed by atoms with Gasteiger partial charge in [0.05, 0.1) is 13.2 Å². The van der Waals surface area contributed by atoms with E-state index in [9.17, 15) is 0 Å². The number of nitrogens with zero attached hydrogens (tertiary/aromatic N) is 1. The summed E-state index contributed by atoms with van der Waals surface area (Å²) in [6.07, 6.45) is 1.18. The van der Waals surface area contributed by atoms with E-state index >= 15 is 0 Å². The molecule has 3 heteroatoms. The average molecular weight is 310 g/mol. The first-order valence-electron chi connectivity index (χ1n) is 8.44. The first-order valence-corrected chi connectivity index (χ1v) is 8.44. The lowest BCUT2D eigenvalue weighted by molar-refractivity contribution is 0.235. The third kappa shape index (κ3) is 3.57. The molecule has 0 bridgehead atoms. The highest BCUT2D eigenvalue weighted by molar-refractivity contribution is 5.44. The molecular formula is C20H26N2O. The molecule has 23 heavy (non-hydrogen) atoms. The summed E-state index contributed by atoms with van der Waals surface area (Å²) in [6, 6.07) is 17.4. The maximum absolute atomic E-state index is 5.67. The number of ether oxygens (including phenoxy) is 1. The second-order valence-electron chi connectivity index (χ2n) is 6.14. The molecule has 1 N–H and O–H groups in total. The minimum absolute atomic E-state index is 0.243. The SMILES string of the molecule is COc1ccccc1C(c1ccccc1C)N1CCCNCC1. The Labute approximate surface area is 139 Å². The summed E-state index contributed by atoms with van der Waals surface area (Å²) in [6.45, 7) is 6.50. The zero-order chi connectivity index (χ0) is 16.1. The smallest absolute Gasteiger partial charge is 0.123 e. The fourth-order valence-corrected chi connectivity index (χ4v) is 3.47. The van der Waals surface area contributed by atoms with Gasteiger partial charge in [-0.1, -0.05) is 42.5 Å². The largest absolute Gasteiger partial charge is 0.496 e. The fraction of sp³-hybridized carbons (Fsp3) is 0.400. The van der Waals surface area contributed by atoms with Crippen LogP contribution >= 0.6 is 0 Å². The summed E-state index contributed by atoms with van der Waals surface area (Å²) in [5, 5.41) is 3.51. The van der Waals surface area contributed by atoms with Crippen molar-refractivity contribution in [3.05, 3.63) is 65.2 Å². The van der Waals surface area contributed by atoms with Crippen LogP contribution in [0.1, 0.15) is 29.2 Å². The summed E-state index contributed by atoms with van der Waals surface area (Å²) < 4.78 is 5.67. The van der Waals surface area contributed by atoms with E-state index in [1.54, 1.807) is 7.11 Å². The maximum atomic E-state index is 5.67. The Morgan fingerprint density at radius 3 is 2.48 bits per heavy atom. The molecule has 0 radical (unpaired) electrons. The van der Waals surface area contributed by atoms with Gasteiger partial charge in [0.1, 0.15) is 5.75 Å². The van der Waals surface area contributed by atoms with E-state index in [2.05, 4.69) is 59.6 Å². The van der Waals surface area contributed by atoms with Gasteiger partial charge in [0.2, 0.25) is 0 Å². The number of methoxy groups -OCH3 is 1. The molecule has 2 aromatic rings. The standard InChI is InChI=1S/C20H26N2O/c1-16-8-3-4-9-17(16)20(22-14-7-12-21-13-15-22)18-10-5-6-11-19(18)23-2/h3-6,8-11,20-21H,7,12-15H2,1-2H3. The van der Waals surface area contributed by atoms with Gasteiger partial charge >= 0.3 is 0 Å². The topological polar surface area (TPSA) is 24.5 Å². The Kier molecular flexibility index (Phi) is 5.31. The lowest BCUT2D eigenvalue weighted by Crippen LogP contribution is -2.33. The van der Waals surface area contributed by atoms with Crippen molar-refractivity contribution >= 4 is 0 Å². The van der Waals surface area contributed by atoms with Crippen LogP contribution in [0.25, 0.3) is 0 Å². The van der Waals surface area contributed by atoms with Crippen LogP contribution in [-0.4, -0.2) is 38.2 Å². The molecule has 1 aliphatic rings. The Morgan fingerprint density at radius 1 is 0.957 bits per heavy atom. The predicted molar refractivity (Wildman–Crippen MR) is 95.1 cm³/mol. The summed E-state index contributed by atoms with van der Waals surface area (Å²) in [5.74, 6) is 0.970. The molecule has 122 valence electrons.